The fraction of sp³-hybridized carbons (Fsp3) is 0.333. The van der Waals surface area contributed by atoms with Crippen LogP contribution in [0.3, 0.4) is 0 Å². The maximum absolute atomic E-state index is 9.19. The maximum atomic E-state index is 9.19. The standard InChI is InChI=1S/C12H15N3O3/c1-17-7-6-13-8-11-14-12(15-18-11)9-2-4-10(16)5-3-9/h2-5,13,16H,6-8H2,1H3. The third-order valence-electron chi connectivity index (χ3n) is 2.35. The normalized spacial score (nSPS) is 10.7. The number of phenolic OH excluding ortho intramolecular Hbond substituents is 1. The maximum Gasteiger partial charge on any atom is 0.240 e. The molecule has 2 N–H and O–H groups in total. The van der Waals surface area contributed by atoms with Crippen LogP contribution in [0.15, 0.2) is 28.8 Å². The average Bonchev–Trinajstić information content (AvgIpc) is 2.84. The second kappa shape index (κ2) is 6.13. The van der Waals surface area contributed by atoms with E-state index < -0.39 is 0 Å². The zero-order chi connectivity index (χ0) is 12.8. The van der Waals surface area contributed by atoms with Crippen molar-refractivity contribution in [1.29, 1.82) is 0 Å². The molecule has 0 aliphatic rings. The molecule has 6 nitrogen and oxygen atoms in total. The Kier molecular flexibility index (Phi) is 4.27. The summed E-state index contributed by atoms with van der Waals surface area (Å²) in [5.74, 6) is 1.25. The predicted molar refractivity (Wildman–Crippen MR) is 65.0 cm³/mol. The van der Waals surface area contributed by atoms with Crippen molar-refractivity contribution in [2.45, 2.75) is 6.54 Å². The molecule has 0 aliphatic heterocycles. The van der Waals surface area contributed by atoms with E-state index in [2.05, 4.69) is 15.5 Å². The number of nitrogens with zero attached hydrogens (tertiary/aromatic N) is 2. The van der Waals surface area contributed by atoms with Gasteiger partial charge in [-0.15, -0.1) is 0 Å². The molecule has 0 bridgehead atoms. The van der Waals surface area contributed by atoms with Gasteiger partial charge in [0.05, 0.1) is 13.2 Å². The van der Waals surface area contributed by atoms with Crippen molar-refractivity contribution >= 4 is 0 Å². The quantitative estimate of drug-likeness (QED) is 0.748. The highest BCUT2D eigenvalue weighted by Gasteiger charge is 2.07. The first-order chi connectivity index (χ1) is 8.79. The van der Waals surface area contributed by atoms with Crippen LogP contribution in [0.5, 0.6) is 5.75 Å². The number of nitrogens with one attached hydrogen (secondary N) is 1. The van der Waals surface area contributed by atoms with Gasteiger partial charge < -0.3 is 19.7 Å². The lowest BCUT2D eigenvalue weighted by molar-refractivity contribution is 0.197. The second-order valence-electron chi connectivity index (χ2n) is 3.73. The van der Waals surface area contributed by atoms with E-state index in [1.807, 2.05) is 0 Å². The summed E-state index contributed by atoms with van der Waals surface area (Å²) >= 11 is 0. The fourth-order valence-electron chi connectivity index (χ4n) is 1.42. The topological polar surface area (TPSA) is 80.4 Å². The lowest BCUT2D eigenvalue weighted by Crippen LogP contribution is -2.18. The first-order valence-electron chi connectivity index (χ1n) is 5.61. The molecule has 1 aromatic carbocycles. The van der Waals surface area contributed by atoms with Gasteiger partial charge in [0.25, 0.3) is 0 Å². The van der Waals surface area contributed by atoms with Crippen LogP contribution in [0.25, 0.3) is 11.4 Å². The van der Waals surface area contributed by atoms with Crippen molar-refractivity contribution in [1.82, 2.24) is 15.5 Å². The Balaban J connectivity index is 1.95. The third kappa shape index (κ3) is 3.28. The number of aromatic nitrogens is 2. The van der Waals surface area contributed by atoms with Gasteiger partial charge in [0, 0.05) is 19.2 Å². The molecule has 2 aromatic rings. The van der Waals surface area contributed by atoms with Gasteiger partial charge in [0.15, 0.2) is 0 Å². The molecule has 0 atom stereocenters. The van der Waals surface area contributed by atoms with Crippen molar-refractivity contribution in [3.63, 3.8) is 0 Å². The zero-order valence-corrected chi connectivity index (χ0v) is 10.1. The Labute approximate surface area is 105 Å². The van der Waals surface area contributed by atoms with E-state index in [0.717, 1.165) is 12.1 Å². The van der Waals surface area contributed by atoms with E-state index in [1.165, 1.54) is 0 Å². The number of rotatable bonds is 6. The molecule has 2 rings (SSSR count). The molecule has 0 spiro atoms. The van der Waals surface area contributed by atoms with Gasteiger partial charge in [0.1, 0.15) is 5.75 Å². The van der Waals surface area contributed by atoms with Gasteiger partial charge in [-0.3, -0.25) is 0 Å². The summed E-state index contributed by atoms with van der Waals surface area (Å²) in [7, 11) is 1.65. The van der Waals surface area contributed by atoms with E-state index in [9.17, 15) is 5.11 Å². The number of methoxy groups -OCH3 is 1. The molecule has 96 valence electrons. The molecule has 6 heteroatoms. The van der Waals surface area contributed by atoms with E-state index in [4.69, 9.17) is 9.26 Å². The SMILES string of the molecule is COCCNCc1nc(-c2ccc(O)cc2)no1. The van der Waals surface area contributed by atoms with E-state index in [-0.39, 0.29) is 5.75 Å². The van der Waals surface area contributed by atoms with Gasteiger partial charge in [-0.2, -0.15) is 4.98 Å². The molecular weight excluding hydrogens is 234 g/mol. The van der Waals surface area contributed by atoms with E-state index in [1.54, 1.807) is 31.4 Å². The molecule has 0 saturated carbocycles. The monoisotopic (exact) mass is 249 g/mol. The molecule has 1 aromatic heterocycles. The van der Waals surface area contributed by atoms with Crippen LogP contribution in [-0.4, -0.2) is 35.5 Å². The third-order valence-corrected chi connectivity index (χ3v) is 2.35. The lowest BCUT2D eigenvalue weighted by Gasteiger charge is -1.98. The summed E-state index contributed by atoms with van der Waals surface area (Å²) in [5.41, 5.74) is 0.805. The number of ether oxygens (including phenoxy) is 1. The number of aromatic hydroxyl groups is 1. The van der Waals surface area contributed by atoms with Crippen LogP contribution >= 0.6 is 0 Å². The Morgan fingerprint density at radius 1 is 1.33 bits per heavy atom. The first-order valence-corrected chi connectivity index (χ1v) is 5.61. The molecule has 0 aliphatic carbocycles. The summed E-state index contributed by atoms with van der Waals surface area (Å²) in [5, 5.41) is 16.2. The van der Waals surface area contributed by atoms with Gasteiger partial charge in [-0.25, -0.2) is 0 Å². The van der Waals surface area contributed by atoms with Gasteiger partial charge in [0.2, 0.25) is 11.7 Å². The minimum Gasteiger partial charge on any atom is -0.508 e. The van der Waals surface area contributed by atoms with E-state index in [0.29, 0.717) is 24.9 Å². The van der Waals surface area contributed by atoms with Crippen molar-refractivity contribution in [2.75, 3.05) is 20.3 Å². The Morgan fingerprint density at radius 2 is 2.11 bits per heavy atom. The largest absolute Gasteiger partial charge is 0.508 e. The minimum absolute atomic E-state index is 0.212. The predicted octanol–water partition coefficient (Wildman–Crippen LogP) is 1.18. The molecule has 18 heavy (non-hydrogen) atoms. The van der Waals surface area contributed by atoms with Crippen molar-refractivity contribution < 1.29 is 14.4 Å². The molecule has 0 radical (unpaired) electrons. The van der Waals surface area contributed by atoms with Crippen molar-refractivity contribution in [3.8, 4) is 17.1 Å². The summed E-state index contributed by atoms with van der Waals surface area (Å²) in [6.45, 7) is 1.88. The van der Waals surface area contributed by atoms with Crippen LogP contribution in [-0.2, 0) is 11.3 Å². The van der Waals surface area contributed by atoms with Crippen LogP contribution in [0, 0.1) is 0 Å². The van der Waals surface area contributed by atoms with Crippen molar-refractivity contribution in [2.24, 2.45) is 0 Å². The number of phenols is 1. The van der Waals surface area contributed by atoms with Gasteiger partial charge in [-0.05, 0) is 24.3 Å². The van der Waals surface area contributed by atoms with Gasteiger partial charge >= 0.3 is 0 Å². The first kappa shape index (κ1) is 12.5. The van der Waals surface area contributed by atoms with Crippen LogP contribution in [0.4, 0.5) is 0 Å². The smallest absolute Gasteiger partial charge is 0.240 e. The Bertz CT molecular complexity index is 482. The molecule has 0 saturated heterocycles. The number of hydrogen-bond acceptors (Lipinski definition) is 6. The van der Waals surface area contributed by atoms with Gasteiger partial charge in [-0.1, -0.05) is 5.16 Å². The van der Waals surface area contributed by atoms with Crippen LogP contribution in [0.1, 0.15) is 5.89 Å². The summed E-state index contributed by atoms with van der Waals surface area (Å²) in [4.78, 5) is 4.25. The Morgan fingerprint density at radius 3 is 2.83 bits per heavy atom. The molecule has 1 heterocycles. The molecule has 0 amide bonds. The molecule has 0 unspecified atom stereocenters. The molecule has 0 fully saturated rings. The number of benzene rings is 1. The fourth-order valence-corrected chi connectivity index (χ4v) is 1.42. The summed E-state index contributed by atoms with van der Waals surface area (Å²) < 4.78 is 10.0. The highest BCUT2D eigenvalue weighted by molar-refractivity contribution is 5.55. The number of hydrogen-bond donors (Lipinski definition) is 2. The minimum atomic E-state index is 0.212. The summed E-state index contributed by atoms with van der Waals surface area (Å²) in [6.07, 6.45) is 0. The summed E-state index contributed by atoms with van der Waals surface area (Å²) in [6, 6.07) is 6.65. The zero-order valence-electron chi connectivity index (χ0n) is 10.1. The lowest BCUT2D eigenvalue weighted by atomic mass is 10.2. The van der Waals surface area contributed by atoms with E-state index >= 15 is 0 Å². The Hall–Kier alpha value is -1.92. The highest BCUT2D eigenvalue weighted by Crippen LogP contribution is 2.18. The van der Waals surface area contributed by atoms with Crippen LogP contribution in [0.2, 0.25) is 0 Å². The second-order valence-corrected chi connectivity index (χ2v) is 3.73. The highest BCUT2D eigenvalue weighted by atomic mass is 16.5. The average molecular weight is 249 g/mol. The van der Waals surface area contributed by atoms with Crippen molar-refractivity contribution in [3.05, 3.63) is 30.2 Å². The van der Waals surface area contributed by atoms with Crippen LogP contribution < -0.4 is 5.32 Å². The molecular formula is C12H15N3O3.